The van der Waals surface area contributed by atoms with Gasteiger partial charge in [-0.2, -0.15) is 18.3 Å². The fourth-order valence-corrected chi connectivity index (χ4v) is 5.24. The van der Waals surface area contributed by atoms with Crippen LogP contribution in [0.25, 0.3) is 0 Å². The minimum Gasteiger partial charge on any atom is -0.347 e. The van der Waals surface area contributed by atoms with Crippen LogP contribution >= 0.6 is 0 Å². The predicted octanol–water partition coefficient (Wildman–Crippen LogP) is 3.43. The van der Waals surface area contributed by atoms with Gasteiger partial charge >= 0.3 is 12.2 Å². The first-order chi connectivity index (χ1) is 16.8. The first kappa shape index (κ1) is 25.9. The SMILES string of the molecule is CN(C)C(=O)Cn1nc(C(F)(F)F)cc1N1CC2(CCC(c3cccc(F)c3)(N(C)C)CC2)NC1=O. The van der Waals surface area contributed by atoms with Gasteiger partial charge in [0.1, 0.15) is 18.2 Å². The van der Waals surface area contributed by atoms with Crippen LogP contribution in [-0.4, -0.2) is 71.8 Å². The number of hydrogen-bond acceptors (Lipinski definition) is 4. The van der Waals surface area contributed by atoms with Crippen molar-refractivity contribution in [2.24, 2.45) is 0 Å². The van der Waals surface area contributed by atoms with Crippen molar-refractivity contribution in [2.45, 2.75) is 49.5 Å². The molecule has 2 heterocycles. The number of carbonyl (C=O) groups is 2. The molecule has 0 unspecified atom stereocenters. The third-order valence-electron chi connectivity index (χ3n) is 7.44. The van der Waals surface area contributed by atoms with Crippen LogP contribution in [0.4, 0.5) is 28.2 Å². The summed E-state index contributed by atoms with van der Waals surface area (Å²) in [6.07, 6.45) is -2.41. The normalized spacial score (nSPS) is 24.5. The highest BCUT2D eigenvalue weighted by molar-refractivity contribution is 5.95. The molecule has 0 atom stereocenters. The van der Waals surface area contributed by atoms with E-state index >= 15 is 0 Å². The summed E-state index contributed by atoms with van der Waals surface area (Å²) in [6.45, 7) is -0.295. The van der Waals surface area contributed by atoms with Gasteiger partial charge in [0.2, 0.25) is 5.91 Å². The van der Waals surface area contributed by atoms with E-state index in [1.807, 2.05) is 20.2 Å². The number of halogens is 4. The summed E-state index contributed by atoms with van der Waals surface area (Å²) in [6, 6.07) is 6.75. The largest absolute Gasteiger partial charge is 0.435 e. The Bertz CT molecular complexity index is 1150. The average Bonchev–Trinajstić information content (AvgIpc) is 3.35. The van der Waals surface area contributed by atoms with E-state index in [0.29, 0.717) is 25.7 Å². The molecule has 1 aromatic heterocycles. The van der Waals surface area contributed by atoms with Crippen LogP contribution in [0.5, 0.6) is 0 Å². The maximum absolute atomic E-state index is 14.0. The van der Waals surface area contributed by atoms with Gasteiger partial charge in [0.15, 0.2) is 5.69 Å². The maximum atomic E-state index is 14.0. The van der Waals surface area contributed by atoms with Gasteiger partial charge in [-0.3, -0.25) is 14.6 Å². The molecular formula is C24H30F4N6O2. The fourth-order valence-electron chi connectivity index (χ4n) is 5.24. The number of carbonyl (C=O) groups excluding carboxylic acids is 2. The van der Waals surface area contributed by atoms with Crippen molar-refractivity contribution < 1.29 is 27.2 Å². The van der Waals surface area contributed by atoms with Gasteiger partial charge in [0.05, 0.1) is 12.1 Å². The highest BCUT2D eigenvalue weighted by Crippen LogP contribution is 2.46. The van der Waals surface area contributed by atoms with Crippen LogP contribution in [0.15, 0.2) is 30.3 Å². The molecule has 1 aliphatic heterocycles. The molecule has 2 fully saturated rings. The third-order valence-corrected chi connectivity index (χ3v) is 7.44. The molecule has 2 aliphatic rings. The zero-order chi connectivity index (χ0) is 26.5. The van der Waals surface area contributed by atoms with Crippen molar-refractivity contribution >= 4 is 17.8 Å². The van der Waals surface area contributed by atoms with E-state index in [2.05, 4.69) is 15.3 Å². The minimum atomic E-state index is -4.73. The average molecular weight is 511 g/mol. The summed E-state index contributed by atoms with van der Waals surface area (Å²) < 4.78 is 55.3. The van der Waals surface area contributed by atoms with E-state index in [9.17, 15) is 27.2 Å². The molecule has 1 aromatic carbocycles. The monoisotopic (exact) mass is 510 g/mol. The second-order valence-corrected chi connectivity index (χ2v) is 10.1. The van der Waals surface area contributed by atoms with Crippen molar-refractivity contribution in [2.75, 3.05) is 39.6 Å². The van der Waals surface area contributed by atoms with E-state index in [1.54, 1.807) is 6.07 Å². The van der Waals surface area contributed by atoms with Crippen LogP contribution in [0.2, 0.25) is 0 Å². The topological polar surface area (TPSA) is 73.7 Å². The van der Waals surface area contributed by atoms with E-state index < -0.39 is 41.4 Å². The molecular weight excluding hydrogens is 480 g/mol. The summed E-state index contributed by atoms with van der Waals surface area (Å²) in [5, 5.41) is 6.58. The molecule has 36 heavy (non-hydrogen) atoms. The van der Waals surface area contributed by atoms with Crippen molar-refractivity contribution in [3.8, 4) is 0 Å². The third kappa shape index (κ3) is 4.65. The van der Waals surface area contributed by atoms with Crippen LogP contribution in [-0.2, 0) is 23.1 Å². The van der Waals surface area contributed by atoms with Crippen molar-refractivity contribution in [3.05, 3.63) is 47.4 Å². The number of likely N-dealkylation sites (N-methyl/N-ethyl adjacent to an activating group) is 1. The molecule has 1 aliphatic carbocycles. The smallest absolute Gasteiger partial charge is 0.347 e. The van der Waals surface area contributed by atoms with E-state index in [1.165, 1.54) is 36.0 Å². The van der Waals surface area contributed by atoms with Gasteiger partial charge in [0, 0.05) is 25.7 Å². The Labute approximate surface area is 206 Å². The van der Waals surface area contributed by atoms with Gasteiger partial charge in [-0.05, 0) is 57.5 Å². The number of benzene rings is 1. The summed E-state index contributed by atoms with van der Waals surface area (Å²) >= 11 is 0. The van der Waals surface area contributed by atoms with Crippen molar-refractivity contribution in [1.82, 2.24) is 24.9 Å². The Morgan fingerprint density at radius 3 is 2.33 bits per heavy atom. The number of alkyl halides is 3. The standard InChI is InChI=1S/C24H30F4N6O2/c1-31(2)20(35)14-34-19(13-18(30-34)24(26,27)28)33-15-22(29-21(33)36)8-10-23(11-9-22,32(3)4)16-6-5-7-17(25)12-16/h5-7,12-13H,8-11,14-15H2,1-4H3,(H,29,36). The predicted molar refractivity (Wildman–Crippen MR) is 125 cm³/mol. The van der Waals surface area contributed by atoms with E-state index in [0.717, 1.165) is 16.3 Å². The maximum Gasteiger partial charge on any atom is 0.435 e. The number of hydrogen-bond donors (Lipinski definition) is 1. The number of amides is 3. The quantitative estimate of drug-likeness (QED) is 0.626. The van der Waals surface area contributed by atoms with Crippen LogP contribution < -0.4 is 10.2 Å². The fraction of sp³-hybridized carbons (Fsp3) is 0.542. The molecule has 8 nitrogen and oxygen atoms in total. The Hall–Kier alpha value is -3.15. The molecule has 0 radical (unpaired) electrons. The highest BCUT2D eigenvalue weighted by atomic mass is 19.4. The van der Waals surface area contributed by atoms with Crippen LogP contribution in [0.1, 0.15) is 36.9 Å². The zero-order valence-corrected chi connectivity index (χ0v) is 20.7. The van der Waals surface area contributed by atoms with Crippen LogP contribution in [0, 0.1) is 5.82 Å². The number of nitrogens with zero attached hydrogens (tertiary/aromatic N) is 5. The van der Waals surface area contributed by atoms with Gasteiger partial charge in [-0.1, -0.05) is 12.1 Å². The van der Waals surface area contributed by atoms with E-state index in [4.69, 9.17) is 0 Å². The van der Waals surface area contributed by atoms with Crippen LogP contribution in [0.3, 0.4) is 0 Å². The first-order valence-corrected chi connectivity index (χ1v) is 11.6. The van der Waals surface area contributed by atoms with Crippen molar-refractivity contribution in [1.29, 1.82) is 0 Å². The molecule has 12 heteroatoms. The number of nitrogens with one attached hydrogen (secondary N) is 1. The highest BCUT2D eigenvalue weighted by Gasteiger charge is 2.51. The Morgan fingerprint density at radius 2 is 1.78 bits per heavy atom. The Balaban J connectivity index is 1.60. The lowest BCUT2D eigenvalue weighted by Gasteiger charge is -2.48. The zero-order valence-electron chi connectivity index (χ0n) is 20.7. The molecule has 3 amide bonds. The number of anilines is 1. The summed E-state index contributed by atoms with van der Waals surface area (Å²) in [5.74, 6) is -0.859. The minimum absolute atomic E-state index is 0.0820. The number of rotatable bonds is 5. The number of urea groups is 1. The van der Waals surface area contributed by atoms with Gasteiger partial charge in [-0.25, -0.2) is 13.9 Å². The first-order valence-electron chi connectivity index (χ1n) is 11.6. The number of aromatic nitrogens is 2. The molecule has 2 aromatic rings. The van der Waals surface area contributed by atoms with Gasteiger partial charge in [-0.15, -0.1) is 0 Å². The van der Waals surface area contributed by atoms with E-state index in [-0.39, 0.29) is 18.2 Å². The van der Waals surface area contributed by atoms with Crippen molar-refractivity contribution in [3.63, 3.8) is 0 Å². The molecule has 4 rings (SSSR count). The summed E-state index contributed by atoms with van der Waals surface area (Å²) in [7, 11) is 6.85. The molecule has 1 saturated heterocycles. The molecule has 0 bridgehead atoms. The second kappa shape index (κ2) is 9.06. The lowest BCUT2D eigenvalue weighted by molar-refractivity contribution is -0.142. The second-order valence-electron chi connectivity index (χ2n) is 10.1. The Morgan fingerprint density at radius 1 is 1.11 bits per heavy atom. The Kier molecular flexibility index (Phi) is 6.52. The molecule has 1 spiro atoms. The lowest BCUT2D eigenvalue weighted by Crippen LogP contribution is -2.54. The lowest BCUT2D eigenvalue weighted by atomic mass is 9.69. The molecule has 1 N–H and O–H groups in total. The molecule has 196 valence electrons. The van der Waals surface area contributed by atoms with Gasteiger partial charge < -0.3 is 10.2 Å². The summed E-state index contributed by atoms with van der Waals surface area (Å²) in [4.78, 5) is 29.8. The van der Waals surface area contributed by atoms with Gasteiger partial charge in [0.25, 0.3) is 0 Å². The molecule has 1 saturated carbocycles. The summed E-state index contributed by atoms with van der Waals surface area (Å²) in [5.41, 5.74) is -1.42.